The molecule has 118 valence electrons. The molecule has 1 aliphatic rings. The zero-order valence-corrected chi connectivity index (χ0v) is 12.1. The van der Waals surface area contributed by atoms with E-state index < -0.39 is 17.5 Å². The molecule has 1 aliphatic carbocycles. The first-order valence-electron chi connectivity index (χ1n) is 7.19. The van der Waals surface area contributed by atoms with Gasteiger partial charge in [-0.2, -0.15) is 0 Å². The van der Waals surface area contributed by atoms with Crippen LogP contribution in [0.25, 0.3) is 0 Å². The third kappa shape index (κ3) is 3.91. The molecular weight excluding hydrogens is 302 g/mol. The highest BCUT2D eigenvalue weighted by Crippen LogP contribution is 2.20. The van der Waals surface area contributed by atoms with Crippen molar-refractivity contribution >= 4 is 17.5 Å². The van der Waals surface area contributed by atoms with Crippen LogP contribution in [0.2, 0.25) is 0 Å². The standard InChI is InChI=1S/C17H14F2N2O2/c18-12-6-11(7-13(19)9-12)17(23)21-15-3-1-2-10(8-15)16(22)20-14-4-5-14/h1-3,6-9,14H,4-5H2,(H,20,22)(H,21,23). The molecule has 23 heavy (non-hydrogen) atoms. The van der Waals surface area contributed by atoms with Crippen LogP contribution in [0.1, 0.15) is 33.6 Å². The molecule has 0 unspecified atom stereocenters. The Balaban J connectivity index is 1.74. The van der Waals surface area contributed by atoms with Gasteiger partial charge >= 0.3 is 0 Å². The van der Waals surface area contributed by atoms with E-state index in [4.69, 9.17) is 0 Å². The van der Waals surface area contributed by atoms with E-state index in [1.54, 1.807) is 18.2 Å². The lowest BCUT2D eigenvalue weighted by Crippen LogP contribution is -2.25. The van der Waals surface area contributed by atoms with Gasteiger partial charge in [-0.3, -0.25) is 9.59 Å². The number of benzene rings is 2. The highest BCUT2D eigenvalue weighted by atomic mass is 19.1. The molecule has 4 nitrogen and oxygen atoms in total. The van der Waals surface area contributed by atoms with Gasteiger partial charge in [0.2, 0.25) is 0 Å². The van der Waals surface area contributed by atoms with Crippen LogP contribution in [0.3, 0.4) is 0 Å². The summed E-state index contributed by atoms with van der Waals surface area (Å²) in [6, 6.07) is 9.20. The van der Waals surface area contributed by atoms with E-state index in [0.717, 1.165) is 25.0 Å². The second-order valence-corrected chi connectivity index (χ2v) is 5.44. The molecule has 1 saturated carbocycles. The van der Waals surface area contributed by atoms with Gasteiger partial charge in [0.15, 0.2) is 0 Å². The second-order valence-electron chi connectivity index (χ2n) is 5.44. The maximum Gasteiger partial charge on any atom is 0.255 e. The maximum atomic E-state index is 13.2. The number of halogens is 2. The minimum Gasteiger partial charge on any atom is -0.349 e. The number of rotatable bonds is 4. The number of hydrogen-bond donors (Lipinski definition) is 2. The summed E-state index contributed by atoms with van der Waals surface area (Å²) < 4.78 is 26.3. The summed E-state index contributed by atoms with van der Waals surface area (Å²) in [6.07, 6.45) is 1.96. The first-order chi connectivity index (χ1) is 11.0. The summed E-state index contributed by atoms with van der Waals surface area (Å²) in [5.41, 5.74) is 0.665. The Labute approximate surface area is 131 Å². The summed E-state index contributed by atoms with van der Waals surface area (Å²) in [7, 11) is 0. The Kier molecular flexibility index (Phi) is 4.06. The predicted molar refractivity (Wildman–Crippen MR) is 81.2 cm³/mol. The molecule has 2 amide bonds. The van der Waals surface area contributed by atoms with E-state index in [2.05, 4.69) is 10.6 Å². The monoisotopic (exact) mass is 316 g/mol. The van der Waals surface area contributed by atoms with E-state index >= 15 is 0 Å². The Morgan fingerprint density at radius 3 is 2.26 bits per heavy atom. The molecular formula is C17H14F2N2O2. The molecule has 2 aromatic rings. The van der Waals surface area contributed by atoms with Crippen molar-refractivity contribution in [3.05, 3.63) is 65.2 Å². The average molecular weight is 316 g/mol. The summed E-state index contributed by atoms with van der Waals surface area (Å²) in [5, 5.41) is 5.37. The number of anilines is 1. The fraction of sp³-hybridized carbons (Fsp3) is 0.176. The van der Waals surface area contributed by atoms with Gasteiger partial charge in [-0.25, -0.2) is 8.78 Å². The molecule has 0 aromatic heterocycles. The van der Waals surface area contributed by atoms with Crippen molar-refractivity contribution in [2.45, 2.75) is 18.9 Å². The van der Waals surface area contributed by atoms with Crippen LogP contribution < -0.4 is 10.6 Å². The summed E-state index contributed by atoms with van der Waals surface area (Å²) in [6.45, 7) is 0. The van der Waals surface area contributed by atoms with Crippen LogP contribution in [0.4, 0.5) is 14.5 Å². The summed E-state index contributed by atoms with van der Waals surface area (Å²) >= 11 is 0. The van der Waals surface area contributed by atoms with Crippen molar-refractivity contribution in [2.24, 2.45) is 0 Å². The highest BCUT2D eigenvalue weighted by Gasteiger charge is 2.23. The van der Waals surface area contributed by atoms with E-state index in [1.165, 1.54) is 6.07 Å². The Morgan fingerprint density at radius 1 is 0.913 bits per heavy atom. The fourth-order valence-electron chi connectivity index (χ4n) is 2.12. The van der Waals surface area contributed by atoms with Gasteiger partial charge in [0.1, 0.15) is 11.6 Å². The van der Waals surface area contributed by atoms with Crippen molar-refractivity contribution in [2.75, 3.05) is 5.32 Å². The highest BCUT2D eigenvalue weighted by molar-refractivity contribution is 6.05. The third-order valence-corrected chi connectivity index (χ3v) is 3.42. The molecule has 0 radical (unpaired) electrons. The first-order valence-corrected chi connectivity index (χ1v) is 7.19. The Morgan fingerprint density at radius 2 is 1.61 bits per heavy atom. The molecule has 0 aliphatic heterocycles. The van der Waals surface area contributed by atoms with E-state index in [9.17, 15) is 18.4 Å². The largest absolute Gasteiger partial charge is 0.349 e. The molecule has 0 atom stereocenters. The fourth-order valence-corrected chi connectivity index (χ4v) is 2.12. The minimum atomic E-state index is -0.826. The average Bonchev–Trinajstić information content (AvgIpc) is 3.30. The third-order valence-electron chi connectivity index (χ3n) is 3.42. The number of amides is 2. The molecule has 2 aromatic carbocycles. The zero-order chi connectivity index (χ0) is 16.4. The lowest BCUT2D eigenvalue weighted by molar-refractivity contribution is 0.0949. The van der Waals surface area contributed by atoms with Gasteiger partial charge in [-0.1, -0.05) is 6.07 Å². The maximum absolute atomic E-state index is 13.2. The zero-order valence-electron chi connectivity index (χ0n) is 12.1. The molecule has 0 bridgehead atoms. The van der Waals surface area contributed by atoms with Gasteiger partial charge in [-0.15, -0.1) is 0 Å². The van der Waals surface area contributed by atoms with Crippen LogP contribution in [0.15, 0.2) is 42.5 Å². The van der Waals surface area contributed by atoms with Crippen LogP contribution >= 0.6 is 0 Å². The number of carbonyl (C=O) groups is 2. The van der Waals surface area contributed by atoms with Gasteiger partial charge < -0.3 is 10.6 Å². The lowest BCUT2D eigenvalue weighted by Gasteiger charge is -2.08. The number of nitrogens with one attached hydrogen (secondary N) is 2. The lowest BCUT2D eigenvalue weighted by atomic mass is 10.1. The van der Waals surface area contributed by atoms with E-state index in [-0.39, 0.29) is 17.5 Å². The van der Waals surface area contributed by atoms with Crippen molar-refractivity contribution in [3.63, 3.8) is 0 Å². The molecule has 0 spiro atoms. The molecule has 2 N–H and O–H groups in total. The van der Waals surface area contributed by atoms with Gasteiger partial charge in [-0.05, 0) is 43.2 Å². The van der Waals surface area contributed by atoms with Crippen LogP contribution in [0, 0.1) is 11.6 Å². The van der Waals surface area contributed by atoms with Gasteiger partial charge in [0, 0.05) is 28.9 Å². The van der Waals surface area contributed by atoms with Gasteiger partial charge in [0.25, 0.3) is 11.8 Å². The summed E-state index contributed by atoms with van der Waals surface area (Å²) in [5.74, 6) is -2.51. The number of hydrogen-bond acceptors (Lipinski definition) is 2. The topological polar surface area (TPSA) is 58.2 Å². The normalized spacial score (nSPS) is 13.5. The molecule has 6 heteroatoms. The van der Waals surface area contributed by atoms with E-state index in [0.29, 0.717) is 17.3 Å². The van der Waals surface area contributed by atoms with Crippen molar-refractivity contribution in [1.29, 1.82) is 0 Å². The van der Waals surface area contributed by atoms with Gasteiger partial charge in [0.05, 0.1) is 0 Å². The quantitative estimate of drug-likeness (QED) is 0.910. The molecule has 0 saturated heterocycles. The molecule has 1 fully saturated rings. The smallest absolute Gasteiger partial charge is 0.255 e. The van der Waals surface area contributed by atoms with Crippen LogP contribution in [0.5, 0.6) is 0 Å². The van der Waals surface area contributed by atoms with Crippen LogP contribution in [-0.4, -0.2) is 17.9 Å². The first kappa shape index (κ1) is 15.1. The molecule has 3 rings (SSSR count). The second kappa shape index (κ2) is 6.16. The minimum absolute atomic E-state index is 0.129. The van der Waals surface area contributed by atoms with E-state index in [1.807, 2.05) is 0 Å². The van der Waals surface area contributed by atoms with Crippen LogP contribution in [-0.2, 0) is 0 Å². The van der Waals surface area contributed by atoms with Crippen molar-refractivity contribution < 1.29 is 18.4 Å². The Hall–Kier alpha value is -2.76. The number of carbonyl (C=O) groups excluding carboxylic acids is 2. The van der Waals surface area contributed by atoms with Crippen molar-refractivity contribution in [1.82, 2.24) is 5.32 Å². The SMILES string of the molecule is O=C(Nc1cccc(C(=O)NC2CC2)c1)c1cc(F)cc(F)c1. The summed E-state index contributed by atoms with van der Waals surface area (Å²) in [4.78, 5) is 24.0. The predicted octanol–water partition coefficient (Wildman–Crippen LogP) is 3.11. The van der Waals surface area contributed by atoms with Crippen molar-refractivity contribution in [3.8, 4) is 0 Å². The molecule has 0 heterocycles. The Bertz CT molecular complexity index is 753.